The molecule has 11 heavy (non-hydrogen) atoms. The van der Waals surface area contributed by atoms with Gasteiger partial charge in [0.05, 0.1) is 0 Å². The summed E-state index contributed by atoms with van der Waals surface area (Å²) in [7, 11) is -2.70. The van der Waals surface area contributed by atoms with E-state index in [2.05, 4.69) is 0 Å². The SMILES string of the molecule is CS(=O)(=O)CCCC1CCC1. The van der Waals surface area contributed by atoms with E-state index in [1.807, 2.05) is 0 Å². The highest BCUT2D eigenvalue weighted by Crippen LogP contribution is 2.30. The Kier molecular flexibility index (Phi) is 2.93. The summed E-state index contributed by atoms with van der Waals surface area (Å²) < 4.78 is 21.4. The number of sulfone groups is 1. The van der Waals surface area contributed by atoms with Crippen molar-refractivity contribution >= 4 is 9.84 Å². The molecular weight excluding hydrogens is 160 g/mol. The normalized spacial score (nSPS) is 19.7. The van der Waals surface area contributed by atoms with E-state index in [0.29, 0.717) is 5.75 Å². The largest absolute Gasteiger partial charge is 0.229 e. The Morgan fingerprint density at radius 3 is 2.36 bits per heavy atom. The third-order valence-corrected chi connectivity index (χ3v) is 3.38. The quantitative estimate of drug-likeness (QED) is 0.652. The maximum absolute atomic E-state index is 10.7. The standard InChI is InChI=1S/C8H16O2S/c1-11(9,10)7-3-6-8-4-2-5-8/h8H,2-7H2,1H3. The Hall–Kier alpha value is -0.0500. The molecule has 66 valence electrons. The lowest BCUT2D eigenvalue weighted by Crippen LogP contribution is -2.12. The van der Waals surface area contributed by atoms with Gasteiger partial charge in [-0.1, -0.05) is 19.3 Å². The van der Waals surface area contributed by atoms with E-state index in [-0.39, 0.29) is 0 Å². The fourth-order valence-corrected chi connectivity index (χ4v) is 2.11. The van der Waals surface area contributed by atoms with Crippen molar-refractivity contribution in [1.82, 2.24) is 0 Å². The highest BCUT2D eigenvalue weighted by molar-refractivity contribution is 7.90. The first kappa shape index (κ1) is 9.04. The van der Waals surface area contributed by atoms with Gasteiger partial charge in [-0.3, -0.25) is 0 Å². The van der Waals surface area contributed by atoms with Gasteiger partial charge in [0.15, 0.2) is 0 Å². The predicted octanol–water partition coefficient (Wildman–Crippen LogP) is 1.61. The van der Waals surface area contributed by atoms with Gasteiger partial charge in [0, 0.05) is 12.0 Å². The fourth-order valence-electron chi connectivity index (χ4n) is 1.42. The Bertz CT molecular complexity index is 202. The average molecular weight is 176 g/mol. The van der Waals surface area contributed by atoms with Crippen LogP contribution in [0.25, 0.3) is 0 Å². The molecule has 1 rings (SSSR count). The Morgan fingerprint density at radius 2 is 2.00 bits per heavy atom. The van der Waals surface area contributed by atoms with Gasteiger partial charge in [-0.05, 0) is 18.8 Å². The molecule has 0 N–H and O–H groups in total. The van der Waals surface area contributed by atoms with Crippen molar-refractivity contribution in [2.75, 3.05) is 12.0 Å². The van der Waals surface area contributed by atoms with Crippen LogP contribution in [-0.4, -0.2) is 20.4 Å². The summed E-state index contributed by atoms with van der Waals surface area (Å²) in [6, 6.07) is 0. The lowest BCUT2D eigenvalue weighted by Gasteiger charge is -2.24. The van der Waals surface area contributed by atoms with Crippen LogP contribution in [0.5, 0.6) is 0 Å². The molecular formula is C8H16O2S. The monoisotopic (exact) mass is 176 g/mol. The van der Waals surface area contributed by atoms with Gasteiger partial charge in [-0.15, -0.1) is 0 Å². The van der Waals surface area contributed by atoms with Crippen LogP contribution in [0.3, 0.4) is 0 Å². The van der Waals surface area contributed by atoms with Crippen molar-refractivity contribution in [2.24, 2.45) is 5.92 Å². The Labute approximate surface area is 68.9 Å². The van der Waals surface area contributed by atoms with Gasteiger partial charge in [0.2, 0.25) is 0 Å². The molecule has 0 bridgehead atoms. The van der Waals surface area contributed by atoms with Crippen LogP contribution >= 0.6 is 0 Å². The van der Waals surface area contributed by atoms with Crippen molar-refractivity contribution in [2.45, 2.75) is 32.1 Å². The van der Waals surface area contributed by atoms with Crippen LogP contribution in [-0.2, 0) is 9.84 Å². The van der Waals surface area contributed by atoms with Gasteiger partial charge >= 0.3 is 0 Å². The molecule has 0 aromatic rings. The highest BCUT2D eigenvalue weighted by atomic mass is 32.2. The summed E-state index contributed by atoms with van der Waals surface area (Å²) in [5.74, 6) is 1.22. The van der Waals surface area contributed by atoms with Gasteiger partial charge in [-0.2, -0.15) is 0 Å². The van der Waals surface area contributed by atoms with Crippen molar-refractivity contribution in [3.05, 3.63) is 0 Å². The fraction of sp³-hybridized carbons (Fsp3) is 1.00. The van der Waals surface area contributed by atoms with Crippen LogP contribution in [0.15, 0.2) is 0 Å². The van der Waals surface area contributed by atoms with Crippen LogP contribution < -0.4 is 0 Å². The number of hydrogen-bond acceptors (Lipinski definition) is 2. The molecule has 0 aliphatic heterocycles. The van der Waals surface area contributed by atoms with Crippen molar-refractivity contribution < 1.29 is 8.42 Å². The van der Waals surface area contributed by atoms with Crippen molar-refractivity contribution in [1.29, 1.82) is 0 Å². The molecule has 0 saturated heterocycles. The zero-order valence-corrected chi connectivity index (χ0v) is 7.86. The van der Waals surface area contributed by atoms with Crippen LogP contribution in [0.4, 0.5) is 0 Å². The molecule has 0 aromatic carbocycles. The second kappa shape index (κ2) is 3.57. The minimum atomic E-state index is -2.70. The van der Waals surface area contributed by atoms with Gasteiger partial charge in [-0.25, -0.2) is 8.42 Å². The van der Waals surface area contributed by atoms with Gasteiger partial charge in [0.25, 0.3) is 0 Å². The minimum Gasteiger partial charge on any atom is -0.229 e. The molecule has 1 fully saturated rings. The first-order valence-corrected chi connectivity index (χ1v) is 6.32. The smallest absolute Gasteiger partial charge is 0.147 e. The maximum atomic E-state index is 10.7. The summed E-state index contributed by atoms with van der Waals surface area (Å²) in [4.78, 5) is 0. The second-order valence-corrected chi connectivity index (χ2v) is 5.83. The molecule has 2 nitrogen and oxygen atoms in total. The maximum Gasteiger partial charge on any atom is 0.147 e. The summed E-state index contributed by atoms with van der Waals surface area (Å²) in [6.45, 7) is 0. The molecule has 1 aliphatic carbocycles. The van der Waals surface area contributed by atoms with Gasteiger partial charge < -0.3 is 0 Å². The van der Waals surface area contributed by atoms with E-state index >= 15 is 0 Å². The third-order valence-electron chi connectivity index (χ3n) is 2.35. The summed E-state index contributed by atoms with van der Waals surface area (Å²) in [5.41, 5.74) is 0. The zero-order chi connectivity index (χ0) is 8.32. The zero-order valence-electron chi connectivity index (χ0n) is 7.04. The topological polar surface area (TPSA) is 34.1 Å². The first-order valence-electron chi connectivity index (χ1n) is 4.26. The van der Waals surface area contributed by atoms with Crippen molar-refractivity contribution in [3.8, 4) is 0 Å². The molecule has 3 heteroatoms. The molecule has 0 heterocycles. The van der Waals surface area contributed by atoms with E-state index in [4.69, 9.17) is 0 Å². The lowest BCUT2D eigenvalue weighted by molar-refractivity contribution is 0.294. The first-order chi connectivity index (χ1) is 5.08. The molecule has 0 aromatic heterocycles. The molecule has 0 radical (unpaired) electrons. The minimum absolute atomic E-state index is 0.378. The van der Waals surface area contributed by atoms with E-state index in [1.165, 1.54) is 25.5 Å². The Morgan fingerprint density at radius 1 is 1.36 bits per heavy atom. The molecule has 0 amide bonds. The highest BCUT2D eigenvalue weighted by Gasteiger charge is 2.17. The number of hydrogen-bond donors (Lipinski definition) is 0. The second-order valence-electron chi connectivity index (χ2n) is 3.57. The summed E-state index contributed by atoms with van der Waals surface area (Å²) in [6.07, 6.45) is 7.29. The van der Waals surface area contributed by atoms with E-state index < -0.39 is 9.84 Å². The van der Waals surface area contributed by atoms with Gasteiger partial charge in [0.1, 0.15) is 9.84 Å². The van der Waals surface area contributed by atoms with Crippen LogP contribution in [0.2, 0.25) is 0 Å². The average Bonchev–Trinajstić information content (AvgIpc) is 1.73. The summed E-state index contributed by atoms with van der Waals surface area (Å²) in [5, 5.41) is 0. The predicted molar refractivity (Wildman–Crippen MR) is 46.3 cm³/mol. The molecule has 1 saturated carbocycles. The molecule has 1 aliphatic rings. The van der Waals surface area contributed by atoms with E-state index in [0.717, 1.165) is 18.8 Å². The third kappa shape index (κ3) is 3.75. The molecule has 0 unspecified atom stereocenters. The number of rotatable bonds is 4. The summed E-state index contributed by atoms with van der Waals surface area (Å²) >= 11 is 0. The lowest BCUT2D eigenvalue weighted by atomic mass is 9.82. The molecule has 0 spiro atoms. The van der Waals surface area contributed by atoms with Crippen LogP contribution in [0.1, 0.15) is 32.1 Å². The van der Waals surface area contributed by atoms with Crippen molar-refractivity contribution in [3.63, 3.8) is 0 Å². The van der Waals surface area contributed by atoms with E-state index in [9.17, 15) is 8.42 Å². The molecule has 0 atom stereocenters. The Balaban J connectivity index is 2.04. The van der Waals surface area contributed by atoms with E-state index in [1.54, 1.807) is 0 Å². The van der Waals surface area contributed by atoms with Crippen LogP contribution in [0, 0.1) is 5.92 Å².